The van der Waals surface area contributed by atoms with Crippen LogP contribution in [0, 0.1) is 0 Å². The van der Waals surface area contributed by atoms with Crippen molar-refractivity contribution in [3.05, 3.63) is 29.8 Å². The summed E-state index contributed by atoms with van der Waals surface area (Å²) in [5.74, 6) is -0.108. The highest BCUT2D eigenvalue weighted by Gasteiger charge is 2.37. The maximum Gasteiger partial charge on any atom is 0.408 e. The van der Waals surface area contributed by atoms with Crippen molar-refractivity contribution in [1.82, 2.24) is 15.5 Å². The van der Waals surface area contributed by atoms with Gasteiger partial charge in [-0.15, -0.1) is 0 Å². The number of phenolic OH excluding ortho intramolecular Hbond substituents is 1. The number of alkyl carbamates (subject to hydrolysis) is 1. The first-order valence-corrected chi connectivity index (χ1v) is 15.8. The van der Waals surface area contributed by atoms with Gasteiger partial charge in [-0.2, -0.15) is 11.8 Å². The predicted octanol–water partition coefficient (Wildman–Crippen LogP) is 6.19. The van der Waals surface area contributed by atoms with Crippen LogP contribution >= 0.6 is 11.8 Å². The number of nitrogens with one attached hydrogen (secondary N) is 2. The molecule has 0 aromatic heterocycles. The lowest BCUT2D eigenvalue weighted by Gasteiger charge is -2.35. The maximum atomic E-state index is 14.2. The van der Waals surface area contributed by atoms with Gasteiger partial charge in [-0.05, 0) is 58.1 Å². The number of amides is 3. The average Bonchev–Trinajstić information content (AvgIpc) is 2.87. The molecule has 1 rings (SSSR count). The number of ether oxygens (including phenoxy) is 1. The first-order chi connectivity index (χ1) is 18.6. The van der Waals surface area contributed by atoms with Gasteiger partial charge in [0.2, 0.25) is 11.8 Å². The molecule has 0 aliphatic heterocycles. The van der Waals surface area contributed by atoms with Crippen LogP contribution in [0.1, 0.15) is 104 Å². The minimum atomic E-state index is -1.02. The van der Waals surface area contributed by atoms with Crippen LogP contribution in [0.15, 0.2) is 24.3 Å². The number of carbonyl (C=O) groups excluding carboxylic acids is 3. The summed E-state index contributed by atoms with van der Waals surface area (Å²) in [5, 5.41) is 16.5. The summed E-state index contributed by atoms with van der Waals surface area (Å²) in [4.78, 5) is 42.0. The fourth-order valence-electron chi connectivity index (χ4n) is 4.23. The highest BCUT2D eigenvalue weighted by molar-refractivity contribution is 7.98. The first kappa shape index (κ1) is 34.6. The summed E-state index contributed by atoms with van der Waals surface area (Å²) in [5.41, 5.74) is -0.348. The van der Waals surface area contributed by atoms with E-state index >= 15 is 0 Å². The van der Waals surface area contributed by atoms with Crippen molar-refractivity contribution < 1.29 is 24.2 Å². The average molecular weight is 566 g/mol. The normalized spacial score (nSPS) is 12.9. The number of rotatable bonds is 18. The van der Waals surface area contributed by atoms with Gasteiger partial charge in [0, 0.05) is 18.7 Å². The molecule has 0 heterocycles. The first-order valence-electron chi connectivity index (χ1n) is 14.4. The van der Waals surface area contributed by atoms with Crippen LogP contribution in [0.25, 0.3) is 0 Å². The van der Waals surface area contributed by atoms with Crippen molar-refractivity contribution in [3.8, 4) is 5.75 Å². The Balaban J connectivity index is 3.39. The summed E-state index contributed by atoms with van der Waals surface area (Å²) in [6, 6.07) is 4.75. The van der Waals surface area contributed by atoms with Gasteiger partial charge in [-0.25, -0.2) is 4.79 Å². The Labute approximate surface area is 240 Å². The highest BCUT2D eigenvalue weighted by atomic mass is 32.2. The summed E-state index contributed by atoms with van der Waals surface area (Å²) >= 11 is 1.57. The number of phenols is 1. The van der Waals surface area contributed by atoms with Gasteiger partial charge < -0.3 is 25.4 Å². The van der Waals surface area contributed by atoms with Gasteiger partial charge in [0.25, 0.3) is 0 Å². The standard InChI is InChI=1S/C30H51N3O5S/c1-7-9-11-12-13-16-21-33(28(36)24(19-22-39-6)32-29(37)38-30(3,4)5)26(27(35)31-20-10-8-2)23-17-14-15-18-25(23)34/h14-15,17-18,24,26,34H,7-13,16,19-22H2,1-6H3,(H,31,35)(H,32,37). The third-order valence-corrected chi connectivity index (χ3v) is 6.90. The van der Waals surface area contributed by atoms with Crippen molar-refractivity contribution in [3.63, 3.8) is 0 Å². The van der Waals surface area contributed by atoms with Gasteiger partial charge in [-0.1, -0.05) is 70.6 Å². The zero-order valence-electron chi connectivity index (χ0n) is 24.9. The van der Waals surface area contributed by atoms with Crippen LogP contribution in [0.4, 0.5) is 4.79 Å². The minimum Gasteiger partial charge on any atom is -0.508 e. The molecule has 3 N–H and O–H groups in total. The van der Waals surface area contributed by atoms with Crippen LogP contribution in [0.5, 0.6) is 5.75 Å². The molecule has 0 fully saturated rings. The van der Waals surface area contributed by atoms with Crippen molar-refractivity contribution >= 4 is 29.7 Å². The number of benzene rings is 1. The molecule has 222 valence electrons. The third-order valence-electron chi connectivity index (χ3n) is 6.26. The van der Waals surface area contributed by atoms with Gasteiger partial charge in [0.05, 0.1) is 0 Å². The van der Waals surface area contributed by atoms with Crippen LogP contribution in [0.3, 0.4) is 0 Å². The number of unbranched alkanes of at least 4 members (excludes halogenated alkanes) is 6. The monoisotopic (exact) mass is 565 g/mol. The molecule has 0 spiro atoms. The van der Waals surface area contributed by atoms with E-state index in [0.717, 1.165) is 38.5 Å². The molecule has 2 unspecified atom stereocenters. The molecule has 2 atom stereocenters. The highest BCUT2D eigenvalue weighted by Crippen LogP contribution is 2.30. The lowest BCUT2D eigenvalue weighted by molar-refractivity contribution is -0.142. The van der Waals surface area contributed by atoms with E-state index in [-0.39, 0.29) is 17.6 Å². The molecule has 0 aliphatic rings. The van der Waals surface area contributed by atoms with Crippen molar-refractivity contribution in [2.24, 2.45) is 0 Å². The Morgan fingerprint density at radius 1 is 1.00 bits per heavy atom. The quantitative estimate of drug-likeness (QED) is 0.183. The number of carbonyl (C=O) groups is 3. The Morgan fingerprint density at radius 3 is 2.26 bits per heavy atom. The van der Waals surface area contributed by atoms with E-state index in [2.05, 4.69) is 17.6 Å². The molecule has 3 amide bonds. The molecule has 9 heteroatoms. The van der Waals surface area contributed by atoms with Crippen LogP contribution < -0.4 is 10.6 Å². The molecule has 1 aromatic carbocycles. The van der Waals surface area contributed by atoms with Gasteiger partial charge in [0.15, 0.2) is 0 Å². The van der Waals surface area contributed by atoms with E-state index in [0.29, 0.717) is 37.2 Å². The second kappa shape index (κ2) is 18.8. The van der Waals surface area contributed by atoms with E-state index in [1.54, 1.807) is 55.6 Å². The number of thioether (sulfide) groups is 1. The van der Waals surface area contributed by atoms with E-state index in [4.69, 9.17) is 4.74 Å². The maximum absolute atomic E-state index is 14.2. The summed E-state index contributed by atoms with van der Waals surface area (Å²) in [6.45, 7) is 10.3. The van der Waals surface area contributed by atoms with Gasteiger partial charge in [0.1, 0.15) is 23.4 Å². The fourth-order valence-corrected chi connectivity index (χ4v) is 4.70. The molecular formula is C30H51N3O5S. The minimum absolute atomic E-state index is 0.0466. The molecular weight excluding hydrogens is 514 g/mol. The predicted molar refractivity (Wildman–Crippen MR) is 160 cm³/mol. The van der Waals surface area contributed by atoms with E-state index in [1.165, 1.54) is 12.5 Å². The van der Waals surface area contributed by atoms with E-state index in [9.17, 15) is 19.5 Å². The topological polar surface area (TPSA) is 108 Å². The zero-order chi connectivity index (χ0) is 29.3. The molecule has 0 saturated heterocycles. The third kappa shape index (κ3) is 13.5. The van der Waals surface area contributed by atoms with Crippen LogP contribution in [-0.2, 0) is 14.3 Å². The molecule has 8 nitrogen and oxygen atoms in total. The summed E-state index contributed by atoms with van der Waals surface area (Å²) < 4.78 is 5.44. The van der Waals surface area contributed by atoms with Gasteiger partial charge >= 0.3 is 6.09 Å². The fraction of sp³-hybridized carbons (Fsp3) is 0.700. The largest absolute Gasteiger partial charge is 0.508 e. The van der Waals surface area contributed by atoms with Crippen molar-refractivity contribution in [2.75, 3.05) is 25.1 Å². The second-order valence-electron chi connectivity index (χ2n) is 10.9. The van der Waals surface area contributed by atoms with Crippen molar-refractivity contribution in [2.45, 2.75) is 110 Å². The summed E-state index contributed by atoms with van der Waals surface area (Å²) in [7, 11) is 0. The molecule has 0 aliphatic carbocycles. The Morgan fingerprint density at radius 2 is 1.64 bits per heavy atom. The zero-order valence-corrected chi connectivity index (χ0v) is 25.7. The molecule has 0 saturated carbocycles. The lowest BCUT2D eigenvalue weighted by Crippen LogP contribution is -2.53. The summed E-state index contributed by atoms with van der Waals surface area (Å²) in [6.07, 6.45) is 9.49. The second-order valence-corrected chi connectivity index (χ2v) is 11.9. The molecule has 0 bridgehead atoms. The number of para-hydroxylation sites is 1. The molecule has 0 radical (unpaired) electrons. The van der Waals surface area contributed by atoms with E-state index < -0.39 is 23.8 Å². The molecule has 39 heavy (non-hydrogen) atoms. The van der Waals surface area contributed by atoms with Crippen LogP contribution in [-0.4, -0.2) is 64.7 Å². The number of hydrogen-bond donors (Lipinski definition) is 3. The van der Waals surface area contributed by atoms with Crippen LogP contribution in [0.2, 0.25) is 0 Å². The Kier molecular flexibility index (Phi) is 16.7. The molecule has 1 aromatic rings. The number of aromatic hydroxyl groups is 1. The Bertz CT molecular complexity index is 874. The Hall–Kier alpha value is -2.42. The smallest absolute Gasteiger partial charge is 0.408 e. The lowest BCUT2D eigenvalue weighted by atomic mass is 10.00. The van der Waals surface area contributed by atoms with E-state index in [1.807, 2.05) is 13.2 Å². The number of nitrogens with zero attached hydrogens (tertiary/aromatic N) is 1. The number of hydrogen-bond acceptors (Lipinski definition) is 6. The SMILES string of the molecule is CCCCCCCCN(C(=O)C(CCSC)NC(=O)OC(C)(C)C)C(C(=O)NCCCC)c1ccccc1O. The van der Waals surface area contributed by atoms with Crippen molar-refractivity contribution in [1.29, 1.82) is 0 Å². The van der Waals surface area contributed by atoms with Gasteiger partial charge in [-0.3, -0.25) is 9.59 Å².